The van der Waals surface area contributed by atoms with Crippen LogP contribution < -0.4 is 16.0 Å². The van der Waals surface area contributed by atoms with Crippen LogP contribution in [-0.4, -0.2) is 37.0 Å². The summed E-state index contributed by atoms with van der Waals surface area (Å²) in [5, 5.41) is 0.989. The zero-order chi connectivity index (χ0) is 23.1. The molecule has 0 aliphatic rings. The van der Waals surface area contributed by atoms with Gasteiger partial charge in [0, 0.05) is 30.6 Å². The molecule has 0 fully saturated rings. The van der Waals surface area contributed by atoms with Crippen LogP contribution in [0.15, 0.2) is 41.3 Å². The van der Waals surface area contributed by atoms with Gasteiger partial charge in [0.25, 0.3) is 5.56 Å². The number of aromatic nitrogens is 5. The second kappa shape index (κ2) is 8.18. The SMILES string of the molecule is CCc1cccc2c(-c3nc4cc5[nH]c(OC(C)=O)nc5cc4[nH]c3=O)cn(CCCN)c12. The van der Waals surface area contributed by atoms with Crippen LogP contribution in [0.5, 0.6) is 6.01 Å². The number of fused-ring (bicyclic) bond motifs is 3. The summed E-state index contributed by atoms with van der Waals surface area (Å²) in [6.07, 6.45) is 3.72. The minimum Gasteiger partial charge on any atom is -0.392 e. The highest BCUT2D eigenvalue weighted by atomic mass is 16.5. The van der Waals surface area contributed by atoms with Crippen molar-refractivity contribution in [1.82, 2.24) is 24.5 Å². The van der Waals surface area contributed by atoms with E-state index in [-0.39, 0.29) is 11.6 Å². The zero-order valence-electron chi connectivity index (χ0n) is 18.4. The summed E-state index contributed by atoms with van der Waals surface area (Å²) in [4.78, 5) is 39.2. The van der Waals surface area contributed by atoms with Crippen molar-refractivity contribution in [2.75, 3.05) is 6.54 Å². The first-order valence-electron chi connectivity index (χ1n) is 10.9. The third kappa shape index (κ3) is 3.66. The molecule has 0 atom stereocenters. The van der Waals surface area contributed by atoms with E-state index in [1.165, 1.54) is 12.5 Å². The van der Waals surface area contributed by atoms with E-state index in [1.807, 2.05) is 18.3 Å². The first-order chi connectivity index (χ1) is 16.0. The van der Waals surface area contributed by atoms with E-state index >= 15 is 0 Å². The number of aryl methyl sites for hydroxylation is 2. The van der Waals surface area contributed by atoms with Crippen molar-refractivity contribution in [2.24, 2.45) is 5.73 Å². The Morgan fingerprint density at radius 1 is 1.15 bits per heavy atom. The number of hydrogen-bond donors (Lipinski definition) is 3. The number of benzene rings is 2. The number of para-hydroxylation sites is 1. The van der Waals surface area contributed by atoms with Crippen molar-refractivity contribution >= 4 is 38.9 Å². The molecule has 0 unspecified atom stereocenters. The summed E-state index contributed by atoms with van der Waals surface area (Å²) in [5.74, 6) is -0.468. The molecule has 2 aromatic carbocycles. The fourth-order valence-electron chi connectivity index (χ4n) is 4.28. The number of aromatic amines is 2. The monoisotopic (exact) mass is 444 g/mol. The molecule has 0 bridgehead atoms. The average Bonchev–Trinajstić information content (AvgIpc) is 3.35. The van der Waals surface area contributed by atoms with Gasteiger partial charge < -0.3 is 25.0 Å². The highest BCUT2D eigenvalue weighted by Crippen LogP contribution is 2.32. The highest BCUT2D eigenvalue weighted by Gasteiger charge is 2.18. The molecule has 0 saturated heterocycles. The number of ether oxygens (including phenoxy) is 1. The van der Waals surface area contributed by atoms with E-state index in [0.29, 0.717) is 34.3 Å². The Balaban J connectivity index is 1.70. The number of nitrogens with two attached hydrogens (primary N) is 1. The van der Waals surface area contributed by atoms with Crippen molar-refractivity contribution in [3.63, 3.8) is 0 Å². The predicted molar refractivity (Wildman–Crippen MR) is 127 cm³/mol. The summed E-state index contributed by atoms with van der Waals surface area (Å²) in [6.45, 7) is 4.79. The lowest BCUT2D eigenvalue weighted by Gasteiger charge is -2.07. The molecule has 9 nitrogen and oxygen atoms in total. The van der Waals surface area contributed by atoms with Crippen LogP contribution in [0.4, 0.5) is 0 Å². The molecule has 0 amide bonds. The Morgan fingerprint density at radius 2 is 1.91 bits per heavy atom. The molecule has 0 aliphatic heterocycles. The molecule has 0 radical (unpaired) electrons. The minimum atomic E-state index is -0.468. The number of nitrogens with one attached hydrogen (secondary N) is 2. The normalized spacial score (nSPS) is 11.6. The molecule has 5 aromatic rings. The number of rotatable bonds is 6. The standard InChI is InChI=1S/C24H24N6O3/c1-3-14-6-4-7-15-16(12-30(22(14)15)9-5-8-25)21-23(32)27-18-11-20-19(10-17(18)26-21)28-24(29-20)33-13(2)31/h4,6-7,10-12H,3,5,8-9,25H2,1-2H3,(H,27,32)(H,28,29). The third-order valence-corrected chi connectivity index (χ3v) is 5.73. The minimum absolute atomic E-state index is 0.102. The fourth-order valence-corrected chi connectivity index (χ4v) is 4.28. The number of carbonyl (C=O) groups is 1. The number of carbonyl (C=O) groups excluding carboxylic acids is 1. The smallest absolute Gasteiger partial charge is 0.310 e. The van der Waals surface area contributed by atoms with Gasteiger partial charge in [0.1, 0.15) is 5.69 Å². The molecule has 3 heterocycles. The largest absolute Gasteiger partial charge is 0.392 e. The lowest BCUT2D eigenvalue weighted by Crippen LogP contribution is -2.11. The molecule has 9 heteroatoms. The van der Waals surface area contributed by atoms with Crippen LogP contribution in [0.25, 0.3) is 44.2 Å². The molecule has 33 heavy (non-hydrogen) atoms. The summed E-state index contributed by atoms with van der Waals surface area (Å²) in [7, 11) is 0. The van der Waals surface area contributed by atoms with Crippen molar-refractivity contribution in [3.8, 4) is 17.3 Å². The Hall–Kier alpha value is -3.98. The van der Waals surface area contributed by atoms with Crippen LogP contribution in [0, 0.1) is 0 Å². The molecular weight excluding hydrogens is 420 g/mol. The van der Waals surface area contributed by atoms with Crippen LogP contribution in [0.2, 0.25) is 0 Å². The maximum Gasteiger partial charge on any atom is 0.310 e. The maximum absolute atomic E-state index is 13.1. The van der Waals surface area contributed by atoms with Crippen molar-refractivity contribution in [3.05, 3.63) is 52.4 Å². The van der Waals surface area contributed by atoms with Crippen molar-refractivity contribution < 1.29 is 9.53 Å². The quantitative estimate of drug-likeness (QED) is 0.345. The van der Waals surface area contributed by atoms with Crippen molar-refractivity contribution in [1.29, 1.82) is 0 Å². The Bertz CT molecular complexity index is 1580. The highest BCUT2D eigenvalue weighted by molar-refractivity contribution is 5.98. The number of esters is 1. The molecule has 3 aromatic heterocycles. The van der Waals surface area contributed by atoms with Crippen LogP contribution >= 0.6 is 0 Å². The first-order valence-corrected chi connectivity index (χ1v) is 10.9. The van der Waals surface area contributed by atoms with Gasteiger partial charge in [-0.05, 0) is 37.1 Å². The summed E-state index contributed by atoms with van der Waals surface area (Å²) in [6, 6.07) is 9.75. The molecule has 168 valence electrons. The van der Waals surface area contributed by atoms with E-state index < -0.39 is 5.97 Å². The molecule has 0 spiro atoms. The Labute approximate surface area is 188 Å². The number of H-pyrrole nitrogens is 2. The summed E-state index contributed by atoms with van der Waals surface area (Å²) in [5.41, 5.74) is 11.3. The zero-order valence-corrected chi connectivity index (χ0v) is 18.4. The second-order valence-corrected chi connectivity index (χ2v) is 7.98. The molecule has 0 saturated carbocycles. The molecular formula is C24H24N6O3. The van der Waals surface area contributed by atoms with Gasteiger partial charge >= 0.3 is 12.0 Å². The third-order valence-electron chi connectivity index (χ3n) is 5.73. The molecule has 5 rings (SSSR count). The predicted octanol–water partition coefficient (Wildman–Crippen LogP) is 3.26. The number of imidazole rings is 1. The van der Waals surface area contributed by atoms with E-state index in [1.54, 1.807) is 12.1 Å². The van der Waals surface area contributed by atoms with Crippen molar-refractivity contribution in [2.45, 2.75) is 33.2 Å². The van der Waals surface area contributed by atoms with Gasteiger partial charge in [0.2, 0.25) is 0 Å². The number of hydrogen-bond acceptors (Lipinski definition) is 6. The van der Waals surface area contributed by atoms with E-state index in [4.69, 9.17) is 15.5 Å². The fraction of sp³-hybridized carbons (Fsp3) is 0.250. The lowest BCUT2D eigenvalue weighted by molar-refractivity contribution is -0.132. The van der Waals surface area contributed by atoms with Gasteiger partial charge in [-0.15, -0.1) is 0 Å². The van der Waals surface area contributed by atoms with Crippen LogP contribution in [0.1, 0.15) is 25.8 Å². The summed E-state index contributed by atoms with van der Waals surface area (Å²) < 4.78 is 7.21. The van der Waals surface area contributed by atoms with E-state index in [2.05, 4.69) is 32.5 Å². The Kier molecular flexibility index (Phi) is 5.18. The van der Waals surface area contributed by atoms with Gasteiger partial charge in [0.15, 0.2) is 0 Å². The van der Waals surface area contributed by atoms with E-state index in [9.17, 15) is 9.59 Å². The first kappa shape index (κ1) is 20.9. The van der Waals surface area contributed by atoms with Gasteiger partial charge in [-0.3, -0.25) is 9.59 Å². The number of nitrogens with zero attached hydrogens (tertiary/aromatic N) is 3. The molecule has 4 N–H and O–H groups in total. The molecule has 0 aliphatic carbocycles. The lowest BCUT2D eigenvalue weighted by atomic mass is 10.1. The van der Waals surface area contributed by atoms with Gasteiger partial charge in [-0.1, -0.05) is 25.1 Å². The van der Waals surface area contributed by atoms with E-state index in [0.717, 1.165) is 35.9 Å². The summed E-state index contributed by atoms with van der Waals surface area (Å²) >= 11 is 0. The Morgan fingerprint density at radius 3 is 2.64 bits per heavy atom. The van der Waals surface area contributed by atoms with Crippen LogP contribution in [0.3, 0.4) is 0 Å². The second-order valence-electron chi connectivity index (χ2n) is 7.98. The topological polar surface area (TPSA) is 132 Å². The van der Waals surface area contributed by atoms with Gasteiger partial charge in [-0.2, -0.15) is 4.98 Å². The van der Waals surface area contributed by atoms with Gasteiger partial charge in [-0.25, -0.2) is 4.98 Å². The van der Waals surface area contributed by atoms with Gasteiger partial charge in [0.05, 0.1) is 27.6 Å². The van der Waals surface area contributed by atoms with Crippen LogP contribution in [-0.2, 0) is 17.8 Å². The maximum atomic E-state index is 13.1. The average molecular weight is 444 g/mol.